The molecular weight excluding hydrogens is 204 g/mol. The fraction of sp³-hybridized carbons (Fsp3) is 0.667. The van der Waals surface area contributed by atoms with Gasteiger partial charge in [-0.05, 0) is 31.7 Å². The lowest BCUT2D eigenvalue weighted by Gasteiger charge is -2.17. The number of aliphatic hydroxyl groups is 1. The number of rotatable bonds is 3. The average molecular weight is 222 g/mol. The van der Waals surface area contributed by atoms with Gasteiger partial charge in [-0.1, -0.05) is 12.8 Å². The molecule has 2 rings (SSSR count). The molecule has 0 aromatic carbocycles. The number of nitrogens with zero attached hydrogens (tertiary/aromatic N) is 2. The molecule has 0 aliphatic heterocycles. The van der Waals surface area contributed by atoms with Crippen LogP contribution >= 0.6 is 0 Å². The van der Waals surface area contributed by atoms with Gasteiger partial charge in [0.25, 0.3) is 5.56 Å². The first kappa shape index (κ1) is 11.3. The van der Waals surface area contributed by atoms with Crippen molar-refractivity contribution in [2.45, 2.75) is 45.3 Å². The zero-order chi connectivity index (χ0) is 11.5. The van der Waals surface area contributed by atoms with Crippen LogP contribution in [-0.4, -0.2) is 21.0 Å². The van der Waals surface area contributed by atoms with Crippen molar-refractivity contribution >= 4 is 0 Å². The zero-order valence-corrected chi connectivity index (χ0v) is 9.59. The lowest BCUT2D eigenvalue weighted by atomic mass is 10.0. The number of hydrogen-bond acceptors (Lipinski definition) is 3. The van der Waals surface area contributed by atoms with Gasteiger partial charge in [0, 0.05) is 6.07 Å². The Bertz CT molecular complexity index is 408. The van der Waals surface area contributed by atoms with Gasteiger partial charge in [0.2, 0.25) is 0 Å². The van der Waals surface area contributed by atoms with Crippen molar-refractivity contribution in [3.05, 3.63) is 28.2 Å². The molecule has 16 heavy (non-hydrogen) atoms. The highest BCUT2D eigenvalue weighted by Crippen LogP contribution is 2.27. The number of aromatic nitrogens is 2. The SMILES string of the molecule is Cc1ccc(=O)n(CC(O)C2CCCC2)n1. The van der Waals surface area contributed by atoms with Gasteiger partial charge in [-0.2, -0.15) is 5.10 Å². The van der Waals surface area contributed by atoms with Crippen LogP contribution in [0.1, 0.15) is 31.4 Å². The summed E-state index contributed by atoms with van der Waals surface area (Å²) in [6, 6.07) is 3.20. The Morgan fingerprint density at radius 2 is 2.19 bits per heavy atom. The maximum Gasteiger partial charge on any atom is 0.266 e. The Balaban J connectivity index is 2.07. The summed E-state index contributed by atoms with van der Waals surface area (Å²) in [5.74, 6) is 0.342. The van der Waals surface area contributed by atoms with E-state index in [1.54, 1.807) is 6.07 Å². The molecule has 0 spiro atoms. The van der Waals surface area contributed by atoms with Gasteiger partial charge < -0.3 is 5.11 Å². The molecule has 1 aromatic heterocycles. The molecule has 1 saturated carbocycles. The fourth-order valence-electron chi connectivity index (χ4n) is 2.35. The second-order valence-electron chi connectivity index (χ2n) is 4.61. The summed E-state index contributed by atoms with van der Waals surface area (Å²) in [6.07, 6.45) is 4.09. The van der Waals surface area contributed by atoms with Crippen molar-refractivity contribution in [2.24, 2.45) is 5.92 Å². The predicted octanol–water partition coefficient (Wildman–Crippen LogP) is 1.10. The molecule has 4 heteroatoms. The van der Waals surface area contributed by atoms with Crippen molar-refractivity contribution in [2.75, 3.05) is 0 Å². The lowest BCUT2D eigenvalue weighted by Crippen LogP contribution is -2.32. The Kier molecular flexibility index (Phi) is 3.39. The zero-order valence-electron chi connectivity index (χ0n) is 9.59. The van der Waals surface area contributed by atoms with Gasteiger partial charge in [0.15, 0.2) is 0 Å². The number of hydrogen-bond donors (Lipinski definition) is 1. The van der Waals surface area contributed by atoms with Crippen LogP contribution in [0, 0.1) is 12.8 Å². The molecule has 0 bridgehead atoms. The molecule has 1 unspecified atom stereocenters. The molecular formula is C12H18N2O2. The first-order chi connectivity index (χ1) is 7.66. The lowest BCUT2D eigenvalue weighted by molar-refractivity contribution is 0.0876. The third kappa shape index (κ3) is 2.50. The molecule has 1 N–H and O–H groups in total. The van der Waals surface area contributed by atoms with E-state index in [2.05, 4.69) is 5.10 Å². The summed E-state index contributed by atoms with van der Waals surface area (Å²) in [5, 5.41) is 14.1. The monoisotopic (exact) mass is 222 g/mol. The molecule has 0 radical (unpaired) electrons. The highest BCUT2D eigenvalue weighted by Gasteiger charge is 2.23. The van der Waals surface area contributed by atoms with Gasteiger partial charge in [-0.25, -0.2) is 4.68 Å². The molecule has 0 amide bonds. The van der Waals surface area contributed by atoms with Crippen molar-refractivity contribution in [1.82, 2.24) is 9.78 Å². The number of aryl methyl sites for hydroxylation is 1. The van der Waals surface area contributed by atoms with E-state index in [-0.39, 0.29) is 5.56 Å². The third-order valence-electron chi connectivity index (χ3n) is 3.30. The van der Waals surface area contributed by atoms with E-state index in [1.807, 2.05) is 6.92 Å². The van der Waals surface area contributed by atoms with E-state index >= 15 is 0 Å². The molecule has 1 aliphatic rings. The van der Waals surface area contributed by atoms with Gasteiger partial charge >= 0.3 is 0 Å². The largest absolute Gasteiger partial charge is 0.391 e. The topological polar surface area (TPSA) is 55.1 Å². The molecule has 1 fully saturated rings. The highest BCUT2D eigenvalue weighted by atomic mass is 16.3. The molecule has 1 aromatic rings. The summed E-state index contributed by atoms with van der Waals surface area (Å²) in [4.78, 5) is 11.5. The van der Waals surface area contributed by atoms with Crippen molar-refractivity contribution < 1.29 is 5.11 Å². The molecule has 1 atom stereocenters. The molecule has 0 saturated heterocycles. The van der Waals surface area contributed by atoms with Crippen LogP contribution in [0.3, 0.4) is 0 Å². The van der Waals surface area contributed by atoms with Crippen LogP contribution in [0.5, 0.6) is 0 Å². The normalized spacial score (nSPS) is 18.9. The standard InChI is InChI=1S/C12H18N2O2/c1-9-6-7-12(16)14(13-9)8-11(15)10-4-2-3-5-10/h6-7,10-11,15H,2-5,8H2,1H3. The first-order valence-corrected chi connectivity index (χ1v) is 5.89. The van der Waals surface area contributed by atoms with Crippen LogP contribution in [0.2, 0.25) is 0 Å². The Labute approximate surface area is 94.9 Å². The van der Waals surface area contributed by atoms with Crippen LogP contribution in [0.25, 0.3) is 0 Å². The van der Waals surface area contributed by atoms with Gasteiger partial charge in [0.1, 0.15) is 0 Å². The molecule has 1 aliphatic carbocycles. The summed E-state index contributed by atoms with van der Waals surface area (Å²) < 4.78 is 1.37. The van der Waals surface area contributed by atoms with Gasteiger partial charge in [0.05, 0.1) is 18.3 Å². The van der Waals surface area contributed by atoms with Crippen molar-refractivity contribution in [1.29, 1.82) is 0 Å². The van der Waals surface area contributed by atoms with Crippen LogP contribution < -0.4 is 5.56 Å². The van der Waals surface area contributed by atoms with E-state index < -0.39 is 6.10 Å². The minimum absolute atomic E-state index is 0.136. The second kappa shape index (κ2) is 4.78. The van der Waals surface area contributed by atoms with E-state index in [9.17, 15) is 9.90 Å². The van der Waals surface area contributed by atoms with Crippen LogP contribution in [0.4, 0.5) is 0 Å². The Morgan fingerprint density at radius 3 is 2.88 bits per heavy atom. The van der Waals surface area contributed by atoms with E-state index in [4.69, 9.17) is 0 Å². The van der Waals surface area contributed by atoms with E-state index in [0.717, 1.165) is 18.5 Å². The van der Waals surface area contributed by atoms with Crippen molar-refractivity contribution in [3.63, 3.8) is 0 Å². The smallest absolute Gasteiger partial charge is 0.266 e. The minimum Gasteiger partial charge on any atom is -0.391 e. The van der Waals surface area contributed by atoms with Crippen LogP contribution in [0.15, 0.2) is 16.9 Å². The average Bonchev–Trinajstić information content (AvgIpc) is 2.76. The predicted molar refractivity (Wildman–Crippen MR) is 61.2 cm³/mol. The number of aliphatic hydroxyl groups excluding tert-OH is 1. The Hall–Kier alpha value is -1.16. The van der Waals surface area contributed by atoms with Crippen molar-refractivity contribution in [3.8, 4) is 0 Å². The summed E-state index contributed by atoms with van der Waals surface area (Å²) in [5.41, 5.74) is 0.667. The quantitative estimate of drug-likeness (QED) is 0.833. The maximum atomic E-state index is 11.5. The Morgan fingerprint density at radius 1 is 1.50 bits per heavy atom. The van der Waals surface area contributed by atoms with E-state index in [1.165, 1.54) is 23.6 Å². The summed E-state index contributed by atoms with van der Waals surface area (Å²) in [7, 11) is 0. The minimum atomic E-state index is -0.436. The van der Waals surface area contributed by atoms with Gasteiger partial charge in [-0.3, -0.25) is 4.79 Å². The molecule has 4 nitrogen and oxygen atoms in total. The third-order valence-corrected chi connectivity index (χ3v) is 3.30. The maximum absolute atomic E-state index is 11.5. The molecule has 88 valence electrons. The summed E-state index contributed by atoms with van der Waals surface area (Å²) >= 11 is 0. The fourth-order valence-corrected chi connectivity index (χ4v) is 2.35. The van der Waals surface area contributed by atoms with Gasteiger partial charge in [-0.15, -0.1) is 0 Å². The van der Waals surface area contributed by atoms with E-state index in [0.29, 0.717) is 12.5 Å². The first-order valence-electron chi connectivity index (χ1n) is 5.89. The van der Waals surface area contributed by atoms with Crippen LogP contribution in [-0.2, 0) is 6.54 Å². The second-order valence-corrected chi connectivity index (χ2v) is 4.61. The summed E-state index contributed by atoms with van der Waals surface area (Å²) in [6.45, 7) is 2.17. The molecule has 1 heterocycles. The highest BCUT2D eigenvalue weighted by molar-refractivity contribution is 4.97.